The molecule has 184 valence electrons. The van der Waals surface area contributed by atoms with Gasteiger partial charge in [-0.1, -0.05) is 59.6 Å². The number of rotatable bonds is 7. The predicted molar refractivity (Wildman–Crippen MR) is 139 cm³/mol. The third-order valence-electron chi connectivity index (χ3n) is 5.45. The first-order valence-corrected chi connectivity index (χ1v) is 11.9. The van der Waals surface area contributed by atoms with E-state index in [0.29, 0.717) is 34.3 Å². The maximum Gasteiger partial charge on any atom is 0.335 e. The van der Waals surface area contributed by atoms with Crippen molar-refractivity contribution in [3.63, 3.8) is 0 Å². The molecule has 0 aliphatic carbocycles. The molecule has 9 heteroatoms. The number of carbonyl (C=O) groups excluding carboxylic acids is 3. The highest BCUT2D eigenvalue weighted by atomic mass is 35.5. The number of carbonyl (C=O) groups is 3. The molecule has 1 aliphatic heterocycles. The molecule has 0 saturated carbocycles. The summed E-state index contributed by atoms with van der Waals surface area (Å²) in [5, 5.41) is 2.83. The predicted octanol–water partition coefficient (Wildman–Crippen LogP) is 5.95. The Hall–Kier alpha value is -3.81. The number of hydrogen-bond donors (Lipinski definition) is 1. The van der Waals surface area contributed by atoms with Gasteiger partial charge >= 0.3 is 6.03 Å². The monoisotopic (exact) mass is 524 g/mol. The summed E-state index contributed by atoms with van der Waals surface area (Å²) in [6, 6.07) is 16.7. The zero-order chi connectivity index (χ0) is 25.8. The molecule has 3 aromatic carbocycles. The van der Waals surface area contributed by atoms with E-state index in [4.69, 9.17) is 32.7 Å². The van der Waals surface area contributed by atoms with Crippen LogP contribution in [-0.2, 0) is 16.2 Å². The van der Waals surface area contributed by atoms with Crippen LogP contribution in [0.4, 0.5) is 10.5 Å². The quantitative estimate of drug-likeness (QED) is 0.305. The van der Waals surface area contributed by atoms with Crippen molar-refractivity contribution in [2.75, 3.05) is 11.5 Å². The number of ether oxygens (including phenoxy) is 2. The maximum atomic E-state index is 13.3. The molecular weight excluding hydrogens is 503 g/mol. The molecule has 0 atom stereocenters. The molecule has 1 fully saturated rings. The van der Waals surface area contributed by atoms with Crippen LogP contribution in [-0.4, -0.2) is 24.5 Å². The number of barbiturate groups is 1. The minimum atomic E-state index is -0.856. The molecular formula is C27H22Cl2N2O5. The fraction of sp³-hybridized carbons (Fsp3) is 0.148. The molecule has 0 bridgehead atoms. The number of nitrogens with zero attached hydrogens (tertiary/aromatic N) is 1. The normalized spacial score (nSPS) is 14.7. The molecule has 4 rings (SSSR count). The van der Waals surface area contributed by atoms with Gasteiger partial charge in [-0.15, -0.1) is 0 Å². The molecule has 0 aromatic heterocycles. The number of halogens is 2. The van der Waals surface area contributed by atoms with Crippen LogP contribution in [0.5, 0.6) is 11.5 Å². The summed E-state index contributed by atoms with van der Waals surface area (Å²) < 4.78 is 11.6. The van der Waals surface area contributed by atoms with Crippen LogP contribution in [0.2, 0.25) is 10.0 Å². The second-order valence-corrected chi connectivity index (χ2v) is 8.69. The zero-order valence-electron chi connectivity index (χ0n) is 19.5. The largest absolute Gasteiger partial charge is 0.490 e. The number of hydrogen-bond acceptors (Lipinski definition) is 5. The van der Waals surface area contributed by atoms with Crippen LogP contribution in [0.3, 0.4) is 0 Å². The fourth-order valence-electron chi connectivity index (χ4n) is 3.69. The third kappa shape index (κ3) is 5.22. The van der Waals surface area contributed by atoms with Crippen molar-refractivity contribution in [3.8, 4) is 11.5 Å². The van der Waals surface area contributed by atoms with Crippen molar-refractivity contribution >= 4 is 52.8 Å². The lowest BCUT2D eigenvalue weighted by Crippen LogP contribution is -2.54. The Bertz CT molecular complexity index is 1370. The molecule has 7 nitrogen and oxygen atoms in total. The topological polar surface area (TPSA) is 84.9 Å². The van der Waals surface area contributed by atoms with Crippen LogP contribution in [0, 0.1) is 6.92 Å². The summed E-state index contributed by atoms with van der Waals surface area (Å²) in [7, 11) is 0. The Labute approximate surface area is 218 Å². The molecule has 0 spiro atoms. The third-order valence-corrected chi connectivity index (χ3v) is 6.14. The minimum Gasteiger partial charge on any atom is -0.490 e. The van der Waals surface area contributed by atoms with Crippen LogP contribution in [0.25, 0.3) is 6.08 Å². The lowest BCUT2D eigenvalue weighted by molar-refractivity contribution is -0.122. The van der Waals surface area contributed by atoms with Crippen molar-refractivity contribution in [2.45, 2.75) is 20.5 Å². The smallest absolute Gasteiger partial charge is 0.335 e. The molecule has 3 aromatic rings. The van der Waals surface area contributed by atoms with Gasteiger partial charge in [0.1, 0.15) is 12.2 Å². The van der Waals surface area contributed by atoms with E-state index in [1.165, 1.54) is 6.08 Å². The molecule has 36 heavy (non-hydrogen) atoms. The summed E-state index contributed by atoms with van der Waals surface area (Å²) in [4.78, 5) is 39.3. The Balaban J connectivity index is 1.69. The zero-order valence-corrected chi connectivity index (χ0v) is 21.0. The summed E-state index contributed by atoms with van der Waals surface area (Å²) in [6.07, 6.45) is 1.35. The number of imide groups is 2. The van der Waals surface area contributed by atoms with E-state index in [-0.39, 0.29) is 22.9 Å². The number of nitrogens with one attached hydrogen (secondary N) is 1. The van der Waals surface area contributed by atoms with Crippen LogP contribution in [0.1, 0.15) is 23.6 Å². The molecule has 4 amide bonds. The Morgan fingerprint density at radius 1 is 0.944 bits per heavy atom. The van der Waals surface area contributed by atoms with Gasteiger partial charge in [0.05, 0.1) is 17.3 Å². The number of urea groups is 1. The fourth-order valence-corrected chi connectivity index (χ4v) is 4.13. The van der Waals surface area contributed by atoms with Gasteiger partial charge in [0.25, 0.3) is 11.8 Å². The lowest BCUT2D eigenvalue weighted by atomic mass is 10.1. The second-order valence-electron chi connectivity index (χ2n) is 7.88. The first-order chi connectivity index (χ1) is 17.3. The number of benzene rings is 3. The van der Waals surface area contributed by atoms with Crippen LogP contribution in [0.15, 0.2) is 66.2 Å². The van der Waals surface area contributed by atoms with Crippen molar-refractivity contribution in [3.05, 3.63) is 93.0 Å². The van der Waals surface area contributed by atoms with E-state index in [1.807, 2.05) is 37.3 Å². The highest BCUT2D eigenvalue weighted by molar-refractivity contribution is 6.40. The van der Waals surface area contributed by atoms with Gasteiger partial charge < -0.3 is 9.47 Å². The van der Waals surface area contributed by atoms with E-state index < -0.39 is 17.8 Å². The highest BCUT2D eigenvalue weighted by Gasteiger charge is 2.37. The van der Waals surface area contributed by atoms with Crippen molar-refractivity contribution in [1.82, 2.24) is 5.32 Å². The summed E-state index contributed by atoms with van der Waals surface area (Å²) in [5.74, 6) is -0.905. The Morgan fingerprint density at radius 3 is 2.42 bits per heavy atom. The Morgan fingerprint density at radius 2 is 1.69 bits per heavy atom. The van der Waals surface area contributed by atoms with Crippen molar-refractivity contribution in [2.24, 2.45) is 0 Å². The van der Waals surface area contributed by atoms with Crippen LogP contribution < -0.4 is 19.7 Å². The molecule has 1 heterocycles. The number of anilines is 1. The van der Waals surface area contributed by atoms with E-state index in [1.54, 1.807) is 37.3 Å². The lowest BCUT2D eigenvalue weighted by Gasteiger charge is -2.27. The van der Waals surface area contributed by atoms with Gasteiger partial charge in [0.2, 0.25) is 0 Å². The van der Waals surface area contributed by atoms with Crippen molar-refractivity contribution in [1.29, 1.82) is 0 Å². The average Bonchev–Trinajstić information content (AvgIpc) is 2.84. The molecule has 1 saturated heterocycles. The molecule has 0 radical (unpaired) electrons. The van der Waals surface area contributed by atoms with Gasteiger partial charge in [-0.2, -0.15) is 0 Å². The summed E-state index contributed by atoms with van der Waals surface area (Å²) >= 11 is 12.7. The summed E-state index contributed by atoms with van der Waals surface area (Å²) in [6.45, 7) is 4.11. The van der Waals surface area contributed by atoms with E-state index in [2.05, 4.69) is 5.32 Å². The van der Waals surface area contributed by atoms with Gasteiger partial charge in [0.15, 0.2) is 11.5 Å². The van der Waals surface area contributed by atoms with Crippen molar-refractivity contribution < 1.29 is 23.9 Å². The standard InChI is InChI=1S/C27H22Cl2N2O5/c1-3-35-23-14-18(13-21(29)24(23)36-15-17-8-5-4-6-9-17)12-19-25(32)30-27(34)31(26(19)33)22-11-7-10-20(28)16(22)2/h4-14H,3,15H2,1-2H3,(H,30,32,34)/b19-12+. The average molecular weight is 525 g/mol. The van der Waals surface area contributed by atoms with E-state index >= 15 is 0 Å². The van der Waals surface area contributed by atoms with E-state index in [9.17, 15) is 14.4 Å². The number of amides is 4. The maximum absolute atomic E-state index is 13.3. The van der Waals surface area contributed by atoms with Gasteiger partial charge in [-0.3, -0.25) is 14.9 Å². The Kier molecular flexibility index (Phi) is 7.62. The molecule has 1 N–H and O–H groups in total. The molecule has 1 aliphatic rings. The van der Waals surface area contributed by atoms with Crippen LogP contribution >= 0.6 is 23.2 Å². The minimum absolute atomic E-state index is 0.242. The highest BCUT2D eigenvalue weighted by Crippen LogP contribution is 2.38. The first kappa shape index (κ1) is 25.3. The van der Waals surface area contributed by atoms with Gasteiger partial charge in [-0.25, -0.2) is 9.69 Å². The second kappa shape index (κ2) is 10.8. The SMILES string of the molecule is CCOc1cc(/C=C2\C(=O)NC(=O)N(c3cccc(Cl)c3C)C2=O)cc(Cl)c1OCc1ccccc1. The summed E-state index contributed by atoms with van der Waals surface area (Å²) in [5.41, 5.74) is 1.93. The molecule has 0 unspecified atom stereocenters. The first-order valence-electron chi connectivity index (χ1n) is 11.1. The van der Waals surface area contributed by atoms with Gasteiger partial charge in [-0.05, 0) is 60.9 Å². The van der Waals surface area contributed by atoms with Gasteiger partial charge in [0, 0.05) is 5.02 Å². The van der Waals surface area contributed by atoms with E-state index in [0.717, 1.165) is 10.5 Å².